The first-order chi connectivity index (χ1) is 30.5. The van der Waals surface area contributed by atoms with E-state index in [1.807, 2.05) is 97.3 Å². The first-order valence-corrected chi connectivity index (χ1v) is 22.3. The van der Waals surface area contributed by atoms with E-state index >= 15 is 0 Å². The van der Waals surface area contributed by atoms with E-state index in [0.29, 0.717) is 0 Å². The van der Waals surface area contributed by atoms with Gasteiger partial charge in [-0.05, 0) is 89.8 Å². The molecule has 8 aromatic rings. The van der Waals surface area contributed by atoms with E-state index in [2.05, 4.69) is 115 Å². The molecule has 0 aliphatic heterocycles. The largest absolute Gasteiger partial charge is 3.00 e. The van der Waals surface area contributed by atoms with Crippen molar-refractivity contribution in [1.29, 1.82) is 0 Å². The fourth-order valence-corrected chi connectivity index (χ4v) is 7.25. The predicted molar refractivity (Wildman–Crippen MR) is 259 cm³/mol. The maximum absolute atomic E-state index is 4.90. The van der Waals surface area contributed by atoms with Crippen molar-refractivity contribution in [3.8, 4) is 56.2 Å². The molecule has 0 aliphatic carbocycles. The Labute approximate surface area is 390 Å². The van der Waals surface area contributed by atoms with Crippen molar-refractivity contribution in [3.63, 3.8) is 0 Å². The van der Waals surface area contributed by atoms with Gasteiger partial charge < -0.3 is 15.0 Å². The van der Waals surface area contributed by atoms with E-state index in [4.69, 9.17) is 4.98 Å². The molecule has 4 nitrogen and oxygen atoms in total. The van der Waals surface area contributed by atoms with Crippen molar-refractivity contribution in [3.05, 3.63) is 205 Å². The van der Waals surface area contributed by atoms with Crippen LogP contribution in [0.2, 0.25) is 0 Å². The van der Waals surface area contributed by atoms with Gasteiger partial charge in [-0.2, -0.15) is 0 Å². The van der Waals surface area contributed by atoms with Gasteiger partial charge in [0.25, 0.3) is 0 Å². The quantitative estimate of drug-likeness (QED) is 0.0758. The molecule has 4 aromatic heterocycles. The van der Waals surface area contributed by atoms with E-state index in [9.17, 15) is 0 Å². The normalized spacial score (nSPS) is 10.4. The van der Waals surface area contributed by atoms with Gasteiger partial charge in [-0.3, -0.25) is 4.98 Å². The van der Waals surface area contributed by atoms with E-state index in [0.717, 1.165) is 52.3 Å². The van der Waals surface area contributed by atoms with E-state index in [-0.39, 0.29) is 20.1 Å². The molecule has 320 valence electrons. The molecule has 0 atom stereocenters. The molecular formula is C58H59IrN4. The Balaban J connectivity index is 0.000000240. The van der Waals surface area contributed by atoms with Gasteiger partial charge >= 0.3 is 20.1 Å². The van der Waals surface area contributed by atoms with Crippen LogP contribution in [0.4, 0.5) is 0 Å². The van der Waals surface area contributed by atoms with Gasteiger partial charge in [-0.1, -0.05) is 120 Å². The molecule has 0 spiro atoms. The Morgan fingerprint density at radius 2 is 1.02 bits per heavy atom. The van der Waals surface area contributed by atoms with Gasteiger partial charge in [0.2, 0.25) is 0 Å². The zero-order valence-electron chi connectivity index (χ0n) is 37.3. The number of aromatic nitrogens is 4. The monoisotopic (exact) mass is 1000 g/mol. The van der Waals surface area contributed by atoms with Gasteiger partial charge in [-0.15, -0.1) is 107 Å². The summed E-state index contributed by atoms with van der Waals surface area (Å²) in [5.74, 6) is 0. The molecule has 0 N–H and O–H groups in total. The predicted octanol–water partition coefficient (Wildman–Crippen LogP) is 15.2. The van der Waals surface area contributed by atoms with Gasteiger partial charge in [0, 0.05) is 30.4 Å². The summed E-state index contributed by atoms with van der Waals surface area (Å²) in [6.07, 6.45) is 19.9. The van der Waals surface area contributed by atoms with Gasteiger partial charge in [-0.25, -0.2) is 0 Å². The maximum Gasteiger partial charge on any atom is 3.00 e. The second kappa shape index (κ2) is 26.6. The first kappa shape index (κ1) is 48.2. The molecule has 63 heavy (non-hydrogen) atoms. The first-order valence-electron chi connectivity index (χ1n) is 22.3. The number of rotatable bonds is 15. The van der Waals surface area contributed by atoms with Crippen molar-refractivity contribution < 1.29 is 20.1 Å². The standard InChI is InChI=1S/C36H43N2.2C11H8N.Ir/c1-5-7-9-11-13-29-23-31(17-16-28(29)4)36-22-19-33(26-38-36)34-20-18-32(35-21-15-27(3)25-37-35)24-30(34)14-12-10-8-6-2;2*1-2-6-10(7-3-1)11-8-4-5-9-12-11;/h15-16,18-26H,5-14H2,1-4H3;2*1-6,8-9H;/q3*-1;+3. The molecule has 0 radical (unpaired) electrons. The van der Waals surface area contributed by atoms with Crippen LogP contribution in [0.5, 0.6) is 0 Å². The fraction of sp³-hybridized carbons (Fsp3) is 0.241. The molecule has 0 saturated heterocycles. The number of pyridine rings is 4. The van der Waals surface area contributed by atoms with E-state index in [1.165, 1.54) is 90.3 Å². The van der Waals surface area contributed by atoms with Crippen molar-refractivity contribution in [2.24, 2.45) is 0 Å². The van der Waals surface area contributed by atoms with Crippen LogP contribution >= 0.6 is 0 Å². The second-order valence-electron chi connectivity index (χ2n) is 15.7. The Kier molecular flexibility index (Phi) is 20.3. The van der Waals surface area contributed by atoms with Crippen LogP contribution in [0.3, 0.4) is 0 Å². The number of hydrogen-bond donors (Lipinski definition) is 0. The van der Waals surface area contributed by atoms with Gasteiger partial charge in [0.05, 0.1) is 5.69 Å². The van der Waals surface area contributed by atoms with Crippen LogP contribution in [-0.4, -0.2) is 19.9 Å². The number of benzene rings is 4. The summed E-state index contributed by atoms with van der Waals surface area (Å²) in [6, 6.07) is 57.0. The maximum atomic E-state index is 4.90. The fourth-order valence-electron chi connectivity index (χ4n) is 7.25. The summed E-state index contributed by atoms with van der Waals surface area (Å²) in [6.45, 7) is 8.81. The summed E-state index contributed by atoms with van der Waals surface area (Å²) in [5, 5.41) is 0. The number of nitrogens with zero attached hydrogens (tertiary/aromatic N) is 4. The minimum absolute atomic E-state index is 0. The molecule has 0 saturated carbocycles. The molecule has 8 rings (SSSR count). The smallest absolute Gasteiger partial charge is 0.305 e. The minimum atomic E-state index is 0. The average molecular weight is 1000 g/mol. The molecule has 0 amide bonds. The van der Waals surface area contributed by atoms with Crippen LogP contribution in [0.1, 0.15) is 87.5 Å². The third-order valence-corrected chi connectivity index (χ3v) is 10.8. The SMILES string of the molecule is CCCCCCc1cc(-c2ccc(-c3ccc(-c4ccc(C)cn4)cc3CCCCCC)cn2)[c-]cc1C.[Ir+3].[c-]1ccccc1-c1ccccn1.[c-]1ccccc1-c1ccccn1. The Morgan fingerprint density at radius 3 is 1.54 bits per heavy atom. The zero-order chi connectivity index (χ0) is 43.2. The van der Waals surface area contributed by atoms with Gasteiger partial charge in [0.1, 0.15) is 0 Å². The summed E-state index contributed by atoms with van der Waals surface area (Å²) >= 11 is 0. The Bertz CT molecular complexity index is 2320. The van der Waals surface area contributed by atoms with E-state index in [1.54, 1.807) is 12.4 Å². The van der Waals surface area contributed by atoms with Crippen molar-refractivity contribution in [2.75, 3.05) is 0 Å². The molecule has 0 bridgehead atoms. The second-order valence-corrected chi connectivity index (χ2v) is 15.7. The van der Waals surface area contributed by atoms with Gasteiger partial charge in [0.15, 0.2) is 0 Å². The van der Waals surface area contributed by atoms with Crippen molar-refractivity contribution in [2.45, 2.75) is 91.9 Å². The number of aryl methyl sites for hydroxylation is 4. The Morgan fingerprint density at radius 1 is 0.444 bits per heavy atom. The minimum Gasteiger partial charge on any atom is -0.305 e. The Hall–Kier alpha value is -5.87. The molecule has 4 aromatic carbocycles. The summed E-state index contributed by atoms with van der Waals surface area (Å²) in [4.78, 5) is 18.0. The van der Waals surface area contributed by atoms with Crippen molar-refractivity contribution >= 4 is 0 Å². The molecular weight excluding hydrogens is 945 g/mol. The van der Waals surface area contributed by atoms with Crippen LogP contribution in [0.15, 0.2) is 164 Å². The van der Waals surface area contributed by atoms with Crippen molar-refractivity contribution in [1.82, 2.24) is 19.9 Å². The van der Waals surface area contributed by atoms with E-state index < -0.39 is 0 Å². The zero-order valence-corrected chi connectivity index (χ0v) is 39.7. The topological polar surface area (TPSA) is 51.6 Å². The molecule has 0 aliphatic rings. The molecule has 5 heteroatoms. The third-order valence-electron chi connectivity index (χ3n) is 10.8. The van der Waals surface area contributed by atoms with Crippen LogP contribution in [0, 0.1) is 32.0 Å². The summed E-state index contributed by atoms with van der Waals surface area (Å²) < 4.78 is 0. The molecule has 4 heterocycles. The molecule has 0 fully saturated rings. The van der Waals surface area contributed by atoms with Crippen LogP contribution < -0.4 is 0 Å². The summed E-state index contributed by atoms with van der Waals surface area (Å²) in [7, 11) is 0. The average Bonchev–Trinajstić information content (AvgIpc) is 3.34. The summed E-state index contributed by atoms with van der Waals surface area (Å²) in [5.41, 5.74) is 16.1. The van der Waals surface area contributed by atoms with Crippen LogP contribution in [-0.2, 0) is 32.9 Å². The number of hydrogen-bond acceptors (Lipinski definition) is 4. The number of unbranched alkanes of at least 4 members (excludes halogenated alkanes) is 6. The molecule has 0 unspecified atom stereocenters. The van der Waals surface area contributed by atoms with Crippen LogP contribution in [0.25, 0.3) is 56.2 Å². The third kappa shape index (κ3) is 15.2.